The van der Waals surface area contributed by atoms with Crippen LogP contribution in [0.5, 0.6) is 0 Å². The smallest absolute Gasteiger partial charge is 0.123 e. The molecule has 2 aromatic carbocycles. The van der Waals surface area contributed by atoms with Crippen molar-refractivity contribution in [3.63, 3.8) is 0 Å². The van der Waals surface area contributed by atoms with Crippen LogP contribution in [0.4, 0.5) is 10.1 Å². The number of hydrogen-bond donors (Lipinski definition) is 2. The second-order valence-electron chi connectivity index (χ2n) is 6.78. The summed E-state index contributed by atoms with van der Waals surface area (Å²) in [4.78, 5) is 4.91. The molecule has 0 bridgehead atoms. The van der Waals surface area contributed by atoms with Crippen molar-refractivity contribution in [2.75, 3.05) is 18.4 Å². The molecule has 0 aromatic heterocycles. The summed E-state index contributed by atoms with van der Waals surface area (Å²) in [5, 5.41) is 7.04. The van der Waals surface area contributed by atoms with Crippen LogP contribution in [0.3, 0.4) is 0 Å². The Balaban J connectivity index is 1.65. The number of fused-ring (bicyclic) bond motifs is 1. The summed E-state index contributed by atoms with van der Waals surface area (Å²) < 4.78 is 13.1. The lowest BCUT2D eigenvalue weighted by molar-refractivity contribution is 0.293. The fourth-order valence-electron chi connectivity index (χ4n) is 3.79. The summed E-state index contributed by atoms with van der Waals surface area (Å²) >= 11 is 0. The minimum atomic E-state index is -0.203. The molecule has 1 saturated heterocycles. The largest absolute Gasteiger partial charge is 0.343 e. The summed E-state index contributed by atoms with van der Waals surface area (Å²) in [7, 11) is 0. The van der Waals surface area contributed by atoms with Gasteiger partial charge in [0.2, 0.25) is 0 Å². The number of hydrogen-bond acceptors (Lipinski definition) is 2. The fourth-order valence-corrected chi connectivity index (χ4v) is 3.79. The van der Waals surface area contributed by atoms with Crippen molar-refractivity contribution in [3.8, 4) is 0 Å². The number of para-hydroxylation sites is 1. The Bertz CT molecular complexity index is 746. The topological polar surface area (TPSA) is 36.4 Å². The lowest BCUT2D eigenvalue weighted by Crippen LogP contribution is -2.48. The molecule has 3 nitrogen and oxygen atoms in total. The van der Waals surface area contributed by atoms with Crippen LogP contribution in [0.25, 0.3) is 0 Å². The van der Waals surface area contributed by atoms with Crippen LogP contribution in [0.15, 0.2) is 53.5 Å². The molecule has 2 aliphatic heterocycles. The SMILES string of the molecule is Fc1ccc(CN=C2Nc3ccccc3CC23CCNCC3)cc1. The van der Waals surface area contributed by atoms with Crippen LogP contribution in [-0.4, -0.2) is 18.9 Å². The van der Waals surface area contributed by atoms with Gasteiger partial charge < -0.3 is 10.6 Å². The third kappa shape index (κ3) is 2.94. The van der Waals surface area contributed by atoms with Gasteiger partial charge in [-0.2, -0.15) is 0 Å². The van der Waals surface area contributed by atoms with Crippen molar-refractivity contribution in [1.82, 2.24) is 5.32 Å². The molecule has 1 spiro atoms. The molecule has 0 radical (unpaired) electrons. The zero-order valence-corrected chi connectivity index (χ0v) is 13.7. The molecule has 2 aliphatic rings. The normalized spacial score (nSPS) is 20.6. The molecule has 2 N–H and O–H groups in total. The Morgan fingerprint density at radius 1 is 1.00 bits per heavy atom. The highest BCUT2D eigenvalue weighted by atomic mass is 19.1. The minimum Gasteiger partial charge on any atom is -0.343 e. The number of nitrogens with zero attached hydrogens (tertiary/aromatic N) is 1. The van der Waals surface area contributed by atoms with Gasteiger partial charge in [-0.05, 0) is 61.7 Å². The van der Waals surface area contributed by atoms with E-state index in [1.165, 1.54) is 23.4 Å². The highest BCUT2D eigenvalue weighted by Crippen LogP contribution is 2.40. The third-order valence-electron chi connectivity index (χ3n) is 5.20. The first-order valence-electron chi connectivity index (χ1n) is 8.60. The van der Waals surface area contributed by atoms with Gasteiger partial charge in [-0.1, -0.05) is 30.3 Å². The third-order valence-corrected chi connectivity index (χ3v) is 5.20. The summed E-state index contributed by atoms with van der Waals surface area (Å²) in [5.74, 6) is 0.887. The van der Waals surface area contributed by atoms with E-state index in [-0.39, 0.29) is 11.2 Å². The number of anilines is 1. The maximum atomic E-state index is 13.1. The number of benzene rings is 2. The van der Waals surface area contributed by atoms with Crippen molar-refractivity contribution < 1.29 is 4.39 Å². The van der Waals surface area contributed by atoms with E-state index in [0.717, 1.165) is 43.8 Å². The predicted molar refractivity (Wildman–Crippen MR) is 95.8 cm³/mol. The van der Waals surface area contributed by atoms with Crippen molar-refractivity contribution in [3.05, 3.63) is 65.5 Å². The van der Waals surface area contributed by atoms with Crippen molar-refractivity contribution in [2.24, 2.45) is 10.4 Å². The van der Waals surface area contributed by atoms with Gasteiger partial charge in [-0.3, -0.25) is 4.99 Å². The highest BCUT2D eigenvalue weighted by molar-refractivity contribution is 6.02. The molecule has 2 heterocycles. The summed E-state index contributed by atoms with van der Waals surface area (Å²) in [6, 6.07) is 15.1. The number of piperidine rings is 1. The molecular formula is C20H22FN3. The zero-order valence-electron chi connectivity index (χ0n) is 13.7. The standard InChI is InChI=1S/C20H22FN3/c21-17-7-5-15(6-8-17)14-23-19-20(9-11-22-12-10-20)13-16-3-1-2-4-18(16)24-19/h1-8,22H,9-14H2,(H,23,24). The molecule has 0 amide bonds. The first-order chi connectivity index (χ1) is 11.8. The average Bonchev–Trinajstić information content (AvgIpc) is 2.62. The van der Waals surface area contributed by atoms with Crippen molar-refractivity contribution in [2.45, 2.75) is 25.8 Å². The molecule has 1 fully saturated rings. The molecule has 0 saturated carbocycles. The van der Waals surface area contributed by atoms with E-state index in [2.05, 4.69) is 34.9 Å². The number of nitrogens with one attached hydrogen (secondary N) is 2. The van der Waals surface area contributed by atoms with Gasteiger partial charge in [0.15, 0.2) is 0 Å². The molecule has 4 rings (SSSR count). The lowest BCUT2D eigenvalue weighted by Gasteiger charge is -2.42. The summed E-state index contributed by atoms with van der Waals surface area (Å²) in [5.41, 5.74) is 3.67. The Labute approximate surface area is 142 Å². The minimum absolute atomic E-state index is 0.0969. The van der Waals surface area contributed by atoms with Gasteiger partial charge in [0.05, 0.1) is 6.54 Å². The van der Waals surface area contributed by atoms with Gasteiger partial charge in [-0.15, -0.1) is 0 Å². The van der Waals surface area contributed by atoms with E-state index >= 15 is 0 Å². The first-order valence-corrected chi connectivity index (χ1v) is 8.60. The van der Waals surface area contributed by atoms with Crippen LogP contribution in [0, 0.1) is 11.2 Å². The highest BCUT2D eigenvalue weighted by Gasteiger charge is 2.40. The fraction of sp³-hybridized carbons (Fsp3) is 0.350. The average molecular weight is 323 g/mol. The summed E-state index contributed by atoms with van der Waals surface area (Å²) in [6.07, 6.45) is 3.23. The Morgan fingerprint density at radius 2 is 1.75 bits per heavy atom. The lowest BCUT2D eigenvalue weighted by atomic mass is 9.71. The Kier molecular flexibility index (Phi) is 4.07. The molecule has 4 heteroatoms. The van der Waals surface area contributed by atoms with Gasteiger partial charge in [0, 0.05) is 11.1 Å². The molecule has 0 unspecified atom stereocenters. The van der Waals surface area contributed by atoms with E-state index < -0.39 is 0 Å². The second kappa shape index (κ2) is 6.36. The Morgan fingerprint density at radius 3 is 2.54 bits per heavy atom. The number of amidine groups is 1. The molecule has 124 valence electrons. The predicted octanol–water partition coefficient (Wildman–Crippen LogP) is 3.76. The molecular weight excluding hydrogens is 301 g/mol. The van der Waals surface area contributed by atoms with Crippen LogP contribution in [-0.2, 0) is 13.0 Å². The van der Waals surface area contributed by atoms with Crippen molar-refractivity contribution in [1.29, 1.82) is 0 Å². The van der Waals surface area contributed by atoms with Gasteiger partial charge >= 0.3 is 0 Å². The van der Waals surface area contributed by atoms with Crippen LogP contribution in [0.2, 0.25) is 0 Å². The van der Waals surface area contributed by atoms with E-state index in [0.29, 0.717) is 6.54 Å². The molecule has 0 atom stereocenters. The van der Waals surface area contributed by atoms with Gasteiger partial charge in [0.1, 0.15) is 11.7 Å². The number of aliphatic imine (C=N–C) groups is 1. The molecule has 24 heavy (non-hydrogen) atoms. The Hall–Kier alpha value is -2.20. The van der Waals surface area contributed by atoms with Crippen LogP contribution >= 0.6 is 0 Å². The second-order valence-corrected chi connectivity index (χ2v) is 6.78. The summed E-state index contributed by atoms with van der Waals surface area (Å²) in [6.45, 7) is 2.64. The number of rotatable bonds is 2. The van der Waals surface area contributed by atoms with Crippen LogP contribution in [0.1, 0.15) is 24.0 Å². The van der Waals surface area contributed by atoms with Crippen molar-refractivity contribution >= 4 is 11.5 Å². The van der Waals surface area contributed by atoms with Gasteiger partial charge in [0.25, 0.3) is 0 Å². The van der Waals surface area contributed by atoms with E-state index in [1.54, 1.807) is 0 Å². The number of halogens is 1. The monoisotopic (exact) mass is 323 g/mol. The van der Waals surface area contributed by atoms with Crippen LogP contribution < -0.4 is 10.6 Å². The molecule has 2 aromatic rings. The van der Waals surface area contributed by atoms with Gasteiger partial charge in [-0.25, -0.2) is 4.39 Å². The van der Waals surface area contributed by atoms with E-state index in [4.69, 9.17) is 4.99 Å². The quantitative estimate of drug-likeness (QED) is 0.883. The zero-order chi connectivity index (χ0) is 16.4. The molecule has 0 aliphatic carbocycles. The first kappa shape index (κ1) is 15.3. The maximum absolute atomic E-state index is 13.1. The maximum Gasteiger partial charge on any atom is 0.123 e. The van der Waals surface area contributed by atoms with E-state index in [9.17, 15) is 4.39 Å². The van der Waals surface area contributed by atoms with E-state index in [1.807, 2.05) is 12.1 Å².